The van der Waals surface area contributed by atoms with Gasteiger partial charge >= 0.3 is 0 Å². The molecule has 59 heavy (non-hydrogen) atoms. The zero-order valence-corrected chi connectivity index (χ0v) is 32.1. The summed E-state index contributed by atoms with van der Waals surface area (Å²) in [5, 5.41) is 9.54. The van der Waals surface area contributed by atoms with E-state index >= 15 is 0 Å². The van der Waals surface area contributed by atoms with Gasteiger partial charge in [-0.25, -0.2) is 0 Å². The Labute approximate surface area is 341 Å². The predicted molar refractivity (Wildman–Crippen MR) is 249 cm³/mol. The third kappa shape index (κ3) is 5.44. The van der Waals surface area contributed by atoms with Gasteiger partial charge in [0.2, 0.25) is 0 Å². The number of furan rings is 1. The summed E-state index contributed by atoms with van der Waals surface area (Å²) in [7, 11) is 0. The molecule has 3 heteroatoms. The van der Waals surface area contributed by atoms with Gasteiger partial charge in [0.05, 0.1) is 16.7 Å². The van der Waals surface area contributed by atoms with E-state index in [4.69, 9.17) is 4.42 Å². The molecule has 0 spiro atoms. The highest BCUT2D eigenvalue weighted by Crippen LogP contribution is 2.46. The molecule has 0 unspecified atom stereocenters. The summed E-state index contributed by atoms with van der Waals surface area (Å²) in [6, 6.07) is 78.9. The van der Waals surface area contributed by atoms with Crippen LogP contribution in [0.3, 0.4) is 0 Å². The van der Waals surface area contributed by atoms with E-state index in [1.165, 1.54) is 48.9 Å². The molecule has 0 saturated heterocycles. The molecule has 3 nitrogen and oxygen atoms in total. The largest absolute Gasteiger partial charge is 0.456 e. The molecule has 2 heterocycles. The van der Waals surface area contributed by atoms with Gasteiger partial charge in [-0.2, -0.15) is 0 Å². The van der Waals surface area contributed by atoms with Crippen molar-refractivity contribution in [3.63, 3.8) is 0 Å². The average molecular weight is 753 g/mol. The fourth-order valence-corrected chi connectivity index (χ4v) is 9.23. The Kier molecular flexibility index (Phi) is 7.54. The zero-order valence-electron chi connectivity index (χ0n) is 32.1. The number of anilines is 3. The van der Waals surface area contributed by atoms with Crippen LogP contribution in [0.1, 0.15) is 0 Å². The molecule has 0 radical (unpaired) electrons. The lowest BCUT2D eigenvalue weighted by atomic mass is 9.96. The molecule has 0 N–H and O–H groups in total. The lowest BCUT2D eigenvalue weighted by molar-refractivity contribution is 0.669. The second-order valence-corrected chi connectivity index (χ2v) is 15.3. The number of aromatic nitrogens is 1. The molecule has 0 fully saturated rings. The first kappa shape index (κ1) is 33.3. The van der Waals surface area contributed by atoms with Crippen LogP contribution in [0.25, 0.3) is 93.2 Å². The quantitative estimate of drug-likeness (QED) is 0.169. The molecule has 0 saturated carbocycles. The molecular weight excluding hydrogens is 717 g/mol. The highest BCUT2D eigenvalue weighted by Gasteiger charge is 2.22. The Balaban J connectivity index is 1.10. The fourth-order valence-electron chi connectivity index (χ4n) is 9.23. The number of nitrogens with zero attached hydrogens (tertiary/aromatic N) is 2. The Hall–Kier alpha value is -7.88. The zero-order chi connectivity index (χ0) is 38.9. The van der Waals surface area contributed by atoms with Crippen LogP contribution in [0.15, 0.2) is 223 Å². The van der Waals surface area contributed by atoms with Crippen LogP contribution in [-0.2, 0) is 0 Å². The molecule has 2 aromatic heterocycles. The van der Waals surface area contributed by atoms with Gasteiger partial charge in [-0.05, 0) is 111 Å². The maximum atomic E-state index is 6.60. The minimum atomic E-state index is 0.876. The summed E-state index contributed by atoms with van der Waals surface area (Å²) >= 11 is 0. The minimum Gasteiger partial charge on any atom is -0.456 e. The third-order valence-corrected chi connectivity index (χ3v) is 11.9. The first-order valence-corrected chi connectivity index (χ1v) is 20.2. The van der Waals surface area contributed by atoms with Gasteiger partial charge in [0.25, 0.3) is 0 Å². The van der Waals surface area contributed by atoms with E-state index in [-0.39, 0.29) is 0 Å². The molecular formula is C56H36N2O. The van der Waals surface area contributed by atoms with Crippen LogP contribution in [0.2, 0.25) is 0 Å². The molecule has 0 atom stereocenters. The first-order chi connectivity index (χ1) is 29.2. The van der Waals surface area contributed by atoms with Crippen molar-refractivity contribution in [2.24, 2.45) is 0 Å². The first-order valence-electron chi connectivity index (χ1n) is 20.2. The Morgan fingerprint density at radius 1 is 0.356 bits per heavy atom. The lowest BCUT2D eigenvalue weighted by Gasteiger charge is -2.29. The van der Waals surface area contributed by atoms with Crippen molar-refractivity contribution in [2.75, 3.05) is 4.90 Å². The van der Waals surface area contributed by atoms with Crippen molar-refractivity contribution in [1.29, 1.82) is 0 Å². The maximum Gasteiger partial charge on any atom is 0.136 e. The SMILES string of the molecule is c1cc(-c2ccc3ccccc3c2)cc(N(c2cccc(-n3c4ccccc4c4ccccc43)c2)c2ccccc2-c2cccc3oc4cc5ccccc5cc4c23)c1. The van der Waals surface area contributed by atoms with E-state index in [1.807, 2.05) is 0 Å². The molecule has 12 aromatic rings. The van der Waals surface area contributed by atoms with Crippen LogP contribution < -0.4 is 4.90 Å². The Bertz CT molecular complexity index is 3540. The van der Waals surface area contributed by atoms with Crippen molar-refractivity contribution in [2.45, 2.75) is 0 Å². The van der Waals surface area contributed by atoms with Crippen molar-refractivity contribution < 1.29 is 4.42 Å². The van der Waals surface area contributed by atoms with Gasteiger partial charge in [-0.1, -0.05) is 146 Å². The second-order valence-electron chi connectivity index (χ2n) is 15.3. The summed E-state index contributed by atoms with van der Waals surface area (Å²) in [5.41, 5.74) is 13.0. The summed E-state index contributed by atoms with van der Waals surface area (Å²) in [6.45, 7) is 0. The highest BCUT2D eigenvalue weighted by atomic mass is 16.3. The third-order valence-electron chi connectivity index (χ3n) is 11.9. The summed E-state index contributed by atoms with van der Waals surface area (Å²) in [6.07, 6.45) is 0. The monoisotopic (exact) mass is 752 g/mol. The fraction of sp³-hybridized carbons (Fsp3) is 0. The summed E-state index contributed by atoms with van der Waals surface area (Å²) < 4.78 is 8.99. The van der Waals surface area contributed by atoms with Gasteiger partial charge in [-0.3, -0.25) is 0 Å². The van der Waals surface area contributed by atoms with Gasteiger partial charge in [0.1, 0.15) is 11.2 Å². The highest BCUT2D eigenvalue weighted by molar-refractivity contribution is 6.17. The van der Waals surface area contributed by atoms with E-state index in [0.717, 1.165) is 61.4 Å². The van der Waals surface area contributed by atoms with Gasteiger partial charge < -0.3 is 13.9 Å². The summed E-state index contributed by atoms with van der Waals surface area (Å²) in [4.78, 5) is 2.42. The Morgan fingerprint density at radius 3 is 1.75 bits per heavy atom. The number of hydrogen-bond acceptors (Lipinski definition) is 2. The van der Waals surface area contributed by atoms with Crippen molar-refractivity contribution in [3.05, 3.63) is 218 Å². The van der Waals surface area contributed by atoms with Crippen LogP contribution in [0, 0.1) is 0 Å². The van der Waals surface area contributed by atoms with Crippen LogP contribution >= 0.6 is 0 Å². The maximum absolute atomic E-state index is 6.60. The van der Waals surface area contributed by atoms with E-state index < -0.39 is 0 Å². The molecule has 276 valence electrons. The molecule has 0 aliphatic carbocycles. The molecule has 0 bridgehead atoms. The molecule has 0 amide bonds. The second kappa shape index (κ2) is 13.4. The predicted octanol–water partition coefficient (Wildman–Crippen LogP) is 15.8. The number of benzene rings is 10. The number of hydrogen-bond donors (Lipinski definition) is 0. The van der Waals surface area contributed by atoms with E-state index in [2.05, 4.69) is 228 Å². The molecule has 12 rings (SSSR count). The van der Waals surface area contributed by atoms with E-state index in [1.54, 1.807) is 0 Å². The van der Waals surface area contributed by atoms with Crippen molar-refractivity contribution in [3.8, 4) is 27.9 Å². The van der Waals surface area contributed by atoms with Crippen molar-refractivity contribution >= 4 is 82.4 Å². The van der Waals surface area contributed by atoms with Crippen molar-refractivity contribution in [1.82, 2.24) is 4.57 Å². The van der Waals surface area contributed by atoms with Crippen LogP contribution in [0.5, 0.6) is 0 Å². The van der Waals surface area contributed by atoms with Gasteiger partial charge in [0.15, 0.2) is 0 Å². The number of para-hydroxylation sites is 3. The van der Waals surface area contributed by atoms with E-state index in [0.29, 0.717) is 0 Å². The molecule has 10 aromatic carbocycles. The average Bonchev–Trinajstić information content (AvgIpc) is 3.84. The number of rotatable bonds is 6. The van der Waals surface area contributed by atoms with Crippen LogP contribution in [0.4, 0.5) is 17.1 Å². The van der Waals surface area contributed by atoms with Crippen LogP contribution in [-0.4, -0.2) is 4.57 Å². The standard InChI is InChI=1S/C56H36N2O/c1-2-15-38-32-42(31-30-37(38)14-1)39-18-11-19-43(33-39)57(44-20-12-21-45(36-44)58-52-27-9-5-22-46(52)47-23-6-10-28-53(47)58)51-26-8-7-24-48(51)49-25-13-29-54-56(49)50-34-40-16-3-4-17-41(40)35-55(50)59-54/h1-36H. The number of fused-ring (bicyclic) bond motifs is 8. The molecule has 0 aliphatic heterocycles. The summed E-state index contributed by atoms with van der Waals surface area (Å²) in [5.74, 6) is 0. The topological polar surface area (TPSA) is 21.3 Å². The molecule has 0 aliphatic rings. The van der Waals surface area contributed by atoms with Gasteiger partial charge in [-0.15, -0.1) is 0 Å². The van der Waals surface area contributed by atoms with Gasteiger partial charge in [0, 0.05) is 44.2 Å². The lowest BCUT2D eigenvalue weighted by Crippen LogP contribution is -2.12. The Morgan fingerprint density at radius 2 is 0.949 bits per heavy atom. The normalized spacial score (nSPS) is 11.7. The smallest absolute Gasteiger partial charge is 0.136 e. The minimum absolute atomic E-state index is 0.876. The van der Waals surface area contributed by atoms with E-state index in [9.17, 15) is 0 Å².